The van der Waals surface area contributed by atoms with Crippen LogP contribution in [0.1, 0.15) is 11.1 Å². The molecule has 1 aromatic carbocycles. The fraction of sp³-hybridized carbons (Fsp3) is 0.474. The van der Waals surface area contributed by atoms with Gasteiger partial charge in [-0.1, -0.05) is 0 Å². The van der Waals surface area contributed by atoms with Gasteiger partial charge in [0.15, 0.2) is 5.82 Å². The fourth-order valence-electron chi connectivity index (χ4n) is 3.34. The first-order chi connectivity index (χ1) is 13.1. The third-order valence-corrected chi connectivity index (χ3v) is 4.58. The minimum Gasteiger partial charge on any atom is -0.507 e. The number of rotatable bonds is 4. The summed E-state index contributed by atoms with van der Waals surface area (Å²) in [4.78, 5) is 4.12. The van der Waals surface area contributed by atoms with Gasteiger partial charge >= 0.3 is 6.18 Å². The number of hydrogen-bond acceptors (Lipinski definition) is 6. The highest BCUT2D eigenvalue weighted by Gasteiger charge is 2.32. The summed E-state index contributed by atoms with van der Waals surface area (Å²) in [5.74, 6) is 0.201. The Balaban J connectivity index is 1.81. The largest absolute Gasteiger partial charge is 0.507 e. The number of likely N-dealkylation sites (N-methyl/N-ethyl adjacent to an activating group) is 1. The van der Waals surface area contributed by atoms with Crippen molar-refractivity contribution in [3.63, 3.8) is 0 Å². The van der Waals surface area contributed by atoms with Gasteiger partial charge in [0.1, 0.15) is 5.75 Å². The lowest BCUT2D eigenvalue weighted by atomic mass is 10.0. The van der Waals surface area contributed by atoms with Crippen LogP contribution in [0.15, 0.2) is 24.3 Å². The first kappa shape index (κ1) is 20.3. The van der Waals surface area contributed by atoms with Crippen molar-refractivity contribution in [1.82, 2.24) is 15.1 Å². The fourth-order valence-corrected chi connectivity index (χ4v) is 3.34. The summed E-state index contributed by atoms with van der Waals surface area (Å²) >= 11 is 0. The lowest BCUT2D eigenvalue weighted by Crippen LogP contribution is -2.46. The number of nitrogens with zero attached hydrogens (tertiary/aromatic N) is 4. The van der Waals surface area contributed by atoms with Gasteiger partial charge in [0.05, 0.1) is 24.0 Å². The average molecular weight is 396 g/mol. The van der Waals surface area contributed by atoms with Gasteiger partial charge in [-0.15, -0.1) is 10.2 Å². The first-order valence-corrected chi connectivity index (χ1v) is 8.91. The maximum atomic E-state index is 12.9. The number of aromatic nitrogens is 2. The molecule has 0 spiro atoms. The Labute approximate surface area is 161 Å². The van der Waals surface area contributed by atoms with Crippen LogP contribution in [0.3, 0.4) is 0 Å². The third kappa shape index (κ3) is 4.53. The van der Waals surface area contributed by atoms with Crippen LogP contribution in [0, 0.1) is 6.92 Å². The lowest BCUT2D eigenvalue weighted by molar-refractivity contribution is -0.137. The molecule has 0 bridgehead atoms. The SMILES string of the molecule is Cc1cc(C(F)(F)F)cc(O)c1-c1ccc(N2CCOC(CN(C)C)C2)nn1. The van der Waals surface area contributed by atoms with E-state index in [1.54, 1.807) is 12.1 Å². The molecule has 1 aliphatic heterocycles. The molecule has 0 amide bonds. The Kier molecular flexibility index (Phi) is 5.76. The summed E-state index contributed by atoms with van der Waals surface area (Å²) in [7, 11) is 3.96. The van der Waals surface area contributed by atoms with Crippen LogP contribution < -0.4 is 4.90 Å². The predicted octanol–water partition coefficient (Wildman–Crippen LogP) is 2.94. The molecule has 6 nitrogen and oxygen atoms in total. The van der Waals surface area contributed by atoms with E-state index in [9.17, 15) is 18.3 Å². The summed E-state index contributed by atoms with van der Waals surface area (Å²) in [6.07, 6.45) is -4.46. The van der Waals surface area contributed by atoms with Gasteiger partial charge in [-0.3, -0.25) is 0 Å². The average Bonchev–Trinajstić information content (AvgIpc) is 2.60. The van der Waals surface area contributed by atoms with Gasteiger partial charge in [-0.05, 0) is 50.8 Å². The number of halogens is 3. The highest BCUT2D eigenvalue weighted by molar-refractivity contribution is 5.71. The zero-order valence-corrected chi connectivity index (χ0v) is 16.0. The topological polar surface area (TPSA) is 61.7 Å². The van der Waals surface area contributed by atoms with Crippen molar-refractivity contribution < 1.29 is 23.0 Å². The number of aromatic hydroxyl groups is 1. The molecule has 9 heteroatoms. The molecule has 152 valence electrons. The minimum absolute atomic E-state index is 0.0615. The van der Waals surface area contributed by atoms with Crippen molar-refractivity contribution in [2.24, 2.45) is 0 Å². The molecule has 3 rings (SSSR count). The second-order valence-corrected chi connectivity index (χ2v) is 7.16. The van der Waals surface area contributed by atoms with E-state index in [1.165, 1.54) is 6.92 Å². The molecule has 1 atom stereocenters. The third-order valence-electron chi connectivity index (χ3n) is 4.58. The van der Waals surface area contributed by atoms with Crippen LogP contribution in [-0.2, 0) is 10.9 Å². The number of phenols is 1. The predicted molar refractivity (Wildman–Crippen MR) is 99.4 cm³/mol. The van der Waals surface area contributed by atoms with Crippen LogP contribution in [-0.4, -0.2) is 66.6 Å². The van der Waals surface area contributed by atoms with Gasteiger partial charge in [0.2, 0.25) is 0 Å². The quantitative estimate of drug-likeness (QED) is 0.858. The van der Waals surface area contributed by atoms with E-state index in [2.05, 4.69) is 20.0 Å². The van der Waals surface area contributed by atoms with E-state index in [-0.39, 0.29) is 17.2 Å². The zero-order valence-electron chi connectivity index (χ0n) is 16.0. The molecule has 0 saturated carbocycles. The molecule has 1 N–H and O–H groups in total. The molecule has 1 unspecified atom stereocenters. The number of morpholine rings is 1. The smallest absolute Gasteiger partial charge is 0.416 e. The number of aryl methyl sites for hydroxylation is 1. The van der Waals surface area contributed by atoms with E-state index in [0.717, 1.165) is 12.6 Å². The molecule has 2 aromatic rings. The van der Waals surface area contributed by atoms with E-state index in [1.807, 2.05) is 14.1 Å². The van der Waals surface area contributed by atoms with E-state index in [0.29, 0.717) is 37.3 Å². The molecule has 0 aliphatic carbocycles. The summed E-state index contributed by atoms with van der Waals surface area (Å²) < 4.78 is 44.4. The van der Waals surface area contributed by atoms with E-state index in [4.69, 9.17) is 4.74 Å². The number of anilines is 1. The van der Waals surface area contributed by atoms with E-state index < -0.39 is 17.5 Å². The van der Waals surface area contributed by atoms with Gasteiger partial charge in [-0.2, -0.15) is 13.2 Å². The lowest BCUT2D eigenvalue weighted by Gasteiger charge is -2.34. The van der Waals surface area contributed by atoms with Gasteiger partial charge in [0, 0.05) is 25.2 Å². The maximum Gasteiger partial charge on any atom is 0.416 e. The van der Waals surface area contributed by atoms with Crippen molar-refractivity contribution in [1.29, 1.82) is 0 Å². The Morgan fingerprint density at radius 2 is 2.00 bits per heavy atom. The summed E-state index contributed by atoms with van der Waals surface area (Å²) in [5.41, 5.74) is -0.0343. The molecule has 0 radical (unpaired) electrons. The molecular formula is C19H23F3N4O2. The zero-order chi connectivity index (χ0) is 20.5. The standard InChI is InChI=1S/C19H23F3N4O2/c1-12-8-13(19(20,21)22)9-16(27)18(12)15-4-5-17(24-23-15)26-6-7-28-14(11-26)10-25(2)3/h4-5,8-9,14,27H,6-7,10-11H2,1-3H3. The number of alkyl halides is 3. The van der Waals surface area contributed by atoms with Crippen molar-refractivity contribution in [3.05, 3.63) is 35.4 Å². The van der Waals surface area contributed by atoms with Crippen LogP contribution in [0.5, 0.6) is 5.75 Å². The van der Waals surface area contributed by atoms with Crippen molar-refractivity contribution in [3.8, 4) is 17.0 Å². The first-order valence-electron chi connectivity index (χ1n) is 8.91. The summed E-state index contributed by atoms with van der Waals surface area (Å²) in [6, 6.07) is 5.13. The van der Waals surface area contributed by atoms with Crippen LogP contribution in [0.4, 0.5) is 19.0 Å². The highest BCUT2D eigenvalue weighted by atomic mass is 19.4. The Bertz CT molecular complexity index is 802. The Morgan fingerprint density at radius 1 is 1.25 bits per heavy atom. The Morgan fingerprint density at radius 3 is 2.57 bits per heavy atom. The molecule has 1 aromatic heterocycles. The van der Waals surface area contributed by atoms with Gasteiger partial charge < -0.3 is 19.6 Å². The summed E-state index contributed by atoms with van der Waals surface area (Å²) in [6.45, 7) is 4.24. The normalized spacial score (nSPS) is 18.0. The van der Waals surface area contributed by atoms with Gasteiger partial charge in [0.25, 0.3) is 0 Å². The van der Waals surface area contributed by atoms with Crippen LogP contribution >= 0.6 is 0 Å². The number of benzene rings is 1. The monoisotopic (exact) mass is 396 g/mol. The summed E-state index contributed by atoms with van der Waals surface area (Å²) in [5, 5.41) is 18.5. The van der Waals surface area contributed by atoms with E-state index >= 15 is 0 Å². The van der Waals surface area contributed by atoms with Crippen molar-refractivity contribution in [2.45, 2.75) is 19.2 Å². The molecule has 28 heavy (non-hydrogen) atoms. The molecule has 2 heterocycles. The maximum absolute atomic E-state index is 12.9. The molecule has 1 aliphatic rings. The van der Waals surface area contributed by atoms with Gasteiger partial charge in [-0.25, -0.2) is 0 Å². The van der Waals surface area contributed by atoms with Crippen molar-refractivity contribution in [2.75, 3.05) is 45.2 Å². The van der Waals surface area contributed by atoms with Crippen molar-refractivity contribution >= 4 is 5.82 Å². The Hall–Kier alpha value is -2.39. The second kappa shape index (κ2) is 7.92. The number of hydrogen-bond donors (Lipinski definition) is 1. The minimum atomic E-state index is -4.52. The number of phenolic OH excluding ortho intramolecular Hbond substituents is 1. The van der Waals surface area contributed by atoms with Crippen LogP contribution in [0.2, 0.25) is 0 Å². The molecular weight excluding hydrogens is 373 g/mol. The highest BCUT2D eigenvalue weighted by Crippen LogP contribution is 2.38. The second-order valence-electron chi connectivity index (χ2n) is 7.16. The molecule has 1 saturated heterocycles. The molecule has 1 fully saturated rings. The van der Waals surface area contributed by atoms with Crippen LogP contribution in [0.25, 0.3) is 11.3 Å². The number of ether oxygens (including phenoxy) is 1.